The lowest BCUT2D eigenvalue weighted by Gasteiger charge is -2.15. The van der Waals surface area contributed by atoms with Gasteiger partial charge >= 0.3 is 0 Å². The molecule has 0 aromatic carbocycles. The molecular weight excluding hydrogens is 202 g/mol. The molecule has 2 unspecified atom stereocenters. The van der Waals surface area contributed by atoms with E-state index in [1.54, 1.807) is 6.21 Å². The third kappa shape index (κ3) is 3.49. The molecule has 0 saturated carbocycles. The molecule has 0 aromatic rings. The molecule has 1 heterocycles. The van der Waals surface area contributed by atoms with Crippen LogP contribution in [0.3, 0.4) is 0 Å². The van der Waals surface area contributed by atoms with Crippen LogP contribution in [0.25, 0.3) is 0 Å². The van der Waals surface area contributed by atoms with Crippen LogP contribution in [0, 0.1) is 0 Å². The monoisotopic (exact) mass is 221 g/mol. The highest BCUT2D eigenvalue weighted by molar-refractivity contribution is 6.30. The van der Waals surface area contributed by atoms with E-state index in [0.29, 0.717) is 5.96 Å². The third-order valence-corrected chi connectivity index (χ3v) is 2.28. The first kappa shape index (κ1) is 12.4. The van der Waals surface area contributed by atoms with Gasteiger partial charge in [0, 0.05) is 11.9 Å². The maximum Gasteiger partial charge on any atom is 0.195 e. The molecule has 0 saturated heterocycles. The summed E-state index contributed by atoms with van der Waals surface area (Å²) in [7, 11) is 0. The Morgan fingerprint density at radius 3 is 2.75 bits per heavy atom. The van der Waals surface area contributed by atoms with Gasteiger partial charge in [0.15, 0.2) is 5.96 Å². The average Bonchev–Trinajstić information content (AvgIpc) is 2.22. The Kier molecular flexibility index (Phi) is 4.22. The van der Waals surface area contributed by atoms with E-state index in [2.05, 4.69) is 26.9 Å². The first-order chi connectivity index (χ1) is 7.52. The first-order valence-corrected chi connectivity index (χ1v) is 5.41. The van der Waals surface area contributed by atoms with Crippen LogP contribution in [-0.2, 0) is 0 Å². The van der Waals surface area contributed by atoms with Gasteiger partial charge in [-0.05, 0) is 20.3 Å². The van der Waals surface area contributed by atoms with Crippen LogP contribution in [-0.4, -0.2) is 30.1 Å². The lowest BCUT2D eigenvalue weighted by molar-refractivity contribution is 0.765. The molecule has 5 nitrogen and oxygen atoms in total. The molecule has 0 amide bonds. The van der Waals surface area contributed by atoms with Crippen LogP contribution >= 0.6 is 0 Å². The zero-order valence-electron chi connectivity index (χ0n) is 10.1. The van der Waals surface area contributed by atoms with Gasteiger partial charge < -0.3 is 11.1 Å². The van der Waals surface area contributed by atoms with E-state index in [1.165, 1.54) is 0 Å². The zero-order chi connectivity index (χ0) is 12.1. The molecule has 5 heteroatoms. The van der Waals surface area contributed by atoms with E-state index in [9.17, 15) is 0 Å². The van der Waals surface area contributed by atoms with Crippen molar-refractivity contribution in [1.29, 1.82) is 0 Å². The Morgan fingerprint density at radius 1 is 1.44 bits per heavy atom. The molecule has 2 atom stereocenters. The van der Waals surface area contributed by atoms with Gasteiger partial charge in [0.2, 0.25) is 0 Å². The molecule has 0 radical (unpaired) electrons. The predicted molar refractivity (Wildman–Crippen MR) is 69.0 cm³/mol. The quantitative estimate of drug-likeness (QED) is 0.695. The van der Waals surface area contributed by atoms with Crippen molar-refractivity contribution in [3.8, 4) is 0 Å². The number of nitrogens with one attached hydrogen (secondary N) is 1. The second-order valence-corrected chi connectivity index (χ2v) is 3.72. The molecule has 0 spiro atoms. The van der Waals surface area contributed by atoms with Gasteiger partial charge in [-0.2, -0.15) is 0 Å². The number of rotatable bonds is 1. The lowest BCUT2D eigenvalue weighted by atomic mass is 10.2. The Labute approximate surface area is 96.3 Å². The minimum Gasteiger partial charge on any atom is -0.370 e. The smallest absolute Gasteiger partial charge is 0.195 e. The number of nitrogens with zero attached hydrogens (tertiary/aromatic N) is 3. The summed E-state index contributed by atoms with van der Waals surface area (Å²) in [5, 5.41) is 2.93. The van der Waals surface area contributed by atoms with E-state index in [0.717, 1.165) is 17.8 Å². The minimum atomic E-state index is -0.203. The summed E-state index contributed by atoms with van der Waals surface area (Å²) in [6.45, 7) is 9.76. The lowest BCUT2D eigenvalue weighted by Crippen LogP contribution is -2.35. The van der Waals surface area contributed by atoms with Crippen LogP contribution < -0.4 is 11.1 Å². The third-order valence-electron chi connectivity index (χ3n) is 2.28. The molecule has 1 aliphatic rings. The normalized spacial score (nSPS) is 26.8. The van der Waals surface area contributed by atoms with Gasteiger partial charge in [0.25, 0.3) is 0 Å². The highest BCUT2D eigenvalue weighted by Gasteiger charge is 2.09. The molecule has 0 bridgehead atoms. The SMILES string of the molecule is C=C1NC(N)=NC(C)N=CC(CC)=NC1C. The number of aliphatic imine (C=N–C) groups is 3. The summed E-state index contributed by atoms with van der Waals surface area (Å²) in [6, 6.07) is -0.0384. The molecule has 1 rings (SSSR count). The fourth-order valence-electron chi connectivity index (χ4n) is 1.27. The summed E-state index contributed by atoms with van der Waals surface area (Å²) in [5.74, 6) is 0.330. The van der Waals surface area contributed by atoms with Crippen molar-refractivity contribution in [2.24, 2.45) is 20.7 Å². The van der Waals surface area contributed by atoms with Crippen molar-refractivity contribution in [3.05, 3.63) is 12.3 Å². The van der Waals surface area contributed by atoms with Crippen molar-refractivity contribution < 1.29 is 0 Å². The summed E-state index contributed by atoms with van der Waals surface area (Å²) in [5.41, 5.74) is 7.38. The number of nitrogens with two attached hydrogens (primary N) is 1. The molecular formula is C11H19N5. The molecule has 1 aliphatic heterocycles. The maximum absolute atomic E-state index is 5.69. The second-order valence-electron chi connectivity index (χ2n) is 3.72. The van der Waals surface area contributed by atoms with E-state index in [1.807, 2.05) is 20.8 Å². The van der Waals surface area contributed by atoms with E-state index in [4.69, 9.17) is 5.73 Å². The highest BCUT2D eigenvalue weighted by atomic mass is 15.2. The minimum absolute atomic E-state index is 0.0384. The van der Waals surface area contributed by atoms with Gasteiger partial charge in [0.1, 0.15) is 6.17 Å². The number of hydrogen-bond donors (Lipinski definition) is 2. The molecule has 16 heavy (non-hydrogen) atoms. The first-order valence-electron chi connectivity index (χ1n) is 5.41. The van der Waals surface area contributed by atoms with Crippen molar-refractivity contribution in [2.75, 3.05) is 0 Å². The molecule has 0 aromatic heterocycles. The van der Waals surface area contributed by atoms with Crippen molar-refractivity contribution in [3.63, 3.8) is 0 Å². The maximum atomic E-state index is 5.69. The fourth-order valence-corrected chi connectivity index (χ4v) is 1.27. The summed E-state index contributed by atoms with van der Waals surface area (Å²) in [4.78, 5) is 12.9. The van der Waals surface area contributed by atoms with Crippen LogP contribution in [0.15, 0.2) is 27.3 Å². The van der Waals surface area contributed by atoms with E-state index < -0.39 is 0 Å². The number of guanidine groups is 1. The second kappa shape index (κ2) is 5.44. The van der Waals surface area contributed by atoms with Crippen LogP contribution in [0.5, 0.6) is 0 Å². The van der Waals surface area contributed by atoms with Crippen molar-refractivity contribution in [2.45, 2.75) is 39.4 Å². The van der Waals surface area contributed by atoms with Gasteiger partial charge in [-0.3, -0.25) is 9.98 Å². The zero-order valence-corrected chi connectivity index (χ0v) is 10.1. The largest absolute Gasteiger partial charge is 0.370 e. The average molecular weight is 221 g/mol. The van der Waals surface area contributed by atoms with Gasteiger partial charge in [-0.25, -0.2) is 4.99 Å². The van der Waals surface area contributed by atoms with Crippen LogP contribution in [0.4, 0.5) is 0 Å². The highest BCUT2D eigenvalue weighted by Crippen LogP contribution is 2.03. The van der Waals surface area contributed by atoms with Gasteiger partial charge in [0.05, 0.1) is 11.8 Å². The van der Waals surface area contributed by atoms with E-state index in [-0.39, 0.29) is 12.2 Å². The summed E-state index contributed by atoms with van der Waals surface area (Å²) in [6.07, 6.45) is 2.40. The topological polar surface area (TPSA) is 75.1 Å². The van der Waals surface area contributed by atoms with Gasteiger partial charge in [-0.1, -0.05) is 13.5 Å². The Bertz CT molecular complexity index is 353. The van der Waals surface area contributed by atoms with Crippen molar-refractivity contribution in [1.82, 2.24) is 5.32 Å². The fraction of sp³-hybridized carbons (Fsp3) is 0.545. The molecule has 0 fully saturated rings. The van der Waals surface area contributed by atoms with Crippen molar-refractivity contribution >= 4 is 17.9 Å². The summed E-state index contributed by atoms with van der Waals surface area (Å²) < 4.78 is 0. The molecule has 88 valence electrons. The van der Waals surface area contributed by atoms with Crippen LogP contribution in [0.1, 0.15) is 27.2 Å². The van der Waals surface area contributed by atoms with Crippen LogP contribution in [0.2, 0.25) is 0 Å². The standard InChI is InChI=1S/C11H19N5/c1-5-10-6-13-9(4)16-11(12)15-8(3)7(2)14-10/h6-7,9H,3,5H2,1-2,4H3,(H3,12,15,16). The van der Waals surface area contributed by atoms with E-state index >= 15 is 0 Å². The predicted octanol–water partition coefficient (Wildman–Crippen LogP) is 1.07. The Hall–Kier alpha value is -1.65. The van der Waals surface area contributed by atoms with Gasteiger partial charge in [-0.15, -0.1) is 0 Å². The molecule has 0 aliphatic carbocycles. The molecule has 3 N–H and O–H groups in total. The summed E-state index contributed by atoms with van der Waals surface area (Å²) >= 11 is 0. The Balaban J connectivity index is 3.02. The number of hydrogen-bond acceptors (Lipinski definition) is 5. The Morgan fingerprint density at radius 2 is 2.12 bits per heavy atom.